The molecule has 0 bridgehead atoms. The second-order valence-corrected chi connectivity index (χ2v) is 8.97. The SMILES string of the molecule is CN(c1cc(F)cc(CCC(C)(C)C)c1)c1nc2nncn2c2cc(Cl)ccc12. The number of nitrogens with zero attached hydrogens (tertiary/aromatic N) is 5. The first-order chi connectivity index (χ1) is 13.7. The molecule has 0 saturated heterocycles. The molecule has 0 aliphatic rings. The van der Waals surface area contributed by atoms with Crippen LogP contribution in [0.2, 0.25) is 5.02 Å². The quantitative estimate of drug-likeness (QED) is 0.424. The lowest BCUT2D eigenvalue weighted by molar-refractivity contribution is 0.378. The van der Waals surface area contributed by atoms with Crippen molar-refractivity contribution in [3.8, 4) is 0 Å². The van der Waals surface area contributed by atoms with Gasteiger partial charge in [0.2, 0.25) is 0 Å². The molecule has 0 fully saturated rings. The van der Waals surface area contributed by atoms with Gasteiger partial charge in [-0.25, -0.2) is 4.39 Å². The van der Waals surface area contributed by atoms with Gasteiger partial charge in [0.25, 0.3) is 5.78 Å². The minimum atomic E-state index is -0.255. The molecular formula is C22H23ClFN5. The van der Waals surface area contributed by atoms with Gasteiger partial charge in [-0.1, -0.05) is 32.4 Å². The summed E-state index contributed by atoms with van der Waals surface area (Å²) in [5, 5.41) is 9.54. The maximum Gasteiger partial charge on any atom is 0.257 e. The first-order valence-corrected chi connectivity index (χ1v) is 9.91. The maximum absolute atomic E-state index is 14.4. The van der Waals surface area contributed by atoms with Crippen molar-refractivity contribution < 1.29 is 4.39 Å². The Hall–Kier alpha value is -2.73. The molecule has 0 radical (unpaired) electrons. The molecule has 0 saturated carbocycles. The third-order valence-electron chi connectivity index (χ3n) is 5.01. The third kappa shape index (κ3) is 4.03. The summed E-state index contributed by atoms with van der Waals surface area (Å²) in [5.41, 5.74) is 2.74. The highest BCUT2D eigenvalue weighted by Gasteiger charge is 2.17. The highest BCUT2D eigenvalue weighted by molar-refractivity contribution is 6.31. The van der Waals surface area contributed by atoms with E-state index in [1.165, 1.54) is 6.07 Å². The number of hydrogen-bond donors (Lipinski definition) is 0. The molecule has 0 N–H and O–H groups in total. The number of fused-ring (bicyclic) bond motifs is 3. The van der Waals surface area contributed by atoms with E-state index in [2.05, 4.69) is 36.0 Å². The molecule has 2 heterocycles. The maximum atomic E-state index is 14.4. The second-order valence-electron chi connectivity index (χ2n) is 8.54. The van der Waals surface area contributed by atoms with Gasteiger partial charge in [-0.2, -0.15) is 4.98 Å². The summed E-state index contributed by atoms with van der Waals surface area (Å²) in [4.78, 5) is 6.55. The van der Waals surface area contributed by atoms with Gasteiger partial charge in [-0.3, -0.25) is 4.40 Å². The van der Waals surface area contributed by atoms with Crippen LogP contribution in [0.5, 0.6) is 0 Å². The van der Waals surface area contributed by atoms with Crippen LogP contribution in [0, 0.1) is 11.2 Å². The van der Waals surface area contributed by atoms with Crippen LogP contribution in [0.15, 0.2) is 42.7 Å². The largest absolute Gasteiger partial charge is 0.329 e. The molecule has 4 rings (SSSR count). The van der Waals surface area contributed by atoms with E-state index in [9.17, 15) is 4.39 Å². The highest BCUT2D eigenvalue weighted by atomic mass is 35.5. The van der Waals surface area contributed by atoms with Gasteiger partial charge < -0.3 is 4.90 Å². The Morgan fingerprint density at radius 2 is 1.93 bits per heavy atom. The van der Waals surface area contributed by atoms with Gasteiger partial charge in [0.1, 0.15) is 18.0 Å². The van der Waals surface area contributed by atoms with Gasteiger partial charge >= 0.3 is 0 Å². The predicted octanol–water partition coefficient (Wildman–Crippen LogP) is 5.82. The number of halogens is 2. The van der Waals surface area contributed by atoms with Crippen molar-refractivity contribution in [2.75, 3.05) is 11.9 Å². The number of anilines is 2. The minimum absolute atomic E-state index is 0.189. The minimum Gasteiger partial charge on any atom is -0.329 e. The lowest BCUT2D eigenvalue weighted by atomic mass is 9.88. The van der Waals surface area contributed by atoms with Gasteiger partial charge in [0.05, 0.1) is 5.52 Å². The van der Waals surface area contributed by atoms with E-state index in [-0.39, 0.29) is 11.2 Å². The van der Waals surface area contributed by atoms with Crippen LogP contribution in [-0.2, 0) is 6.42 Å². The number of rotatable bonds is 4. The first kappa shape index (κ1) is 19.6. The molecule has 0 unspecified atom stereocenters. The van der Waals surface area contributed by atoms with Crippen molar-refractivity contribution in [2.24, 2.45) is 5.41 Å². The summed E-state index contributed by atoms with van der Waals surface area (Å²) in [7, 11) is 1.88. The number of benzene rings is 2. The Bertz CT molecular complexity index is 1200. The second kappa shape index (κ2) is 7.26. The van der Waals surface area contributed by atoms with Crippen molar-refractivity contribution >= 4 is 39.8 Å². The van der Waals surface area contributed by atoms with Gasteiger partial charge in [-0.05, 0) is 60.2 Å². The Morgan fingerprint density at radius 1 is 1.14 bits per heavy atom. The van der Waals surface area contributed by atoms with Crippen molar-refractivity contribution in [1.82, 2.24) is 19.6 Å². The van der Waals surface area contributed by atoms with Crippen molar-refractivity contribution in [3.05, 3.63) is 59.1 Å². The molecule has 0 atom stereocenters. The molecule has 7 heteroatoms. The molecule has 2 aromatic carbocycles. The number of aromatic nitrogens is 4. The summed E-state index contributed by atoms with van der Waals surface area (Å²) in [6, 6.07) is 10.7. The molecule has 0 spiro atoms. The normalized spacial score (nSPS) is 12.1. The first-order valence-electron chi connectivity index (χ1n) is 9.53. The molecule has 2 aromatic heterocycles. The topological polar surface area (TPSA) is 46.3 Å². The zero-order valence-electron chi connectivity index (χ0n) is 16.9. The Kier molecular flexibility index (Phi) is 4.90. The van der Waals surface area contributed by atoms with Crippen molar-refractivity contribution in [1.29, 1.82) is 0 Å². The van der Waals surface area contributed by atoms with Crippen molar-refractivity contribution in [2.45, 2.75) is 33.6 Å². The Morgan fingerprint density at radius 3 is 2.69 bits per heavy atom. The monoisotopic (exact) mass is 411 g/mol. The Labute approximate surface area is 174 Å². The van der Waals surface area contributed by atoms with E-state index in [0.717, 1.165) is 35.0 Å². The average molecular weight is 412 g/mol. The number of hydrogen-bond acceptors (Lipinski definition) is 4. The van der Waals surface area contributed by atoms with Crippen LogP contribution in [-0.4, -0.2) is 26.6 Å². The summed E-state index contributed by atoms with van der Waals surface area (Å²) >= 11 is 6.21. The predicted molar refractivity (Wildman–Crippen MR) is 116 cm³/mol. The fraction of sp³-hybridized carbons (Fsp3) is 0.318. The fourth-order valence-corrected chi connectivity index (χ4v) is 3.56. The van der Waals surface area contributed by atoms with Gasteiger partial charge in [0.15, 0.2) is 0 Å². The van der Waals surface area contributed by atoms with E-state index in [1.54, 1.807) is 16.8 Å². The third-order valence-corrected chi connectivity index (χ3v) is 5.24. The van der Waals surface area contributed by atoms with Crippen LogP contribution < -0.4 is 4.90 Å². The van der Waals surface area contributed by atoms with Crippen LogP contribution in [0.3, 0.4) is 0 Å². The van der Waals surface area contributed by atoms with E-state index in [0.29, 0.717) is 16.6 Å². The van der Waals surface area contributed by atoms with E-state index in [4.69, 9.17) is 11.6 Å². The smallest absolute Gasteiger partial charge is 0.257 e. The summed E-state index contributed by atoms with van der Waals surface area (Å²) in [6.45, 7) is 6.57. The zero-order chi connectivity index (χ0) is 20.8. The van der Waals surface area contributed by atoms with Crippen LogP contribution in [0.1, 0.15) is 32.8 Å². The molecule has 4 aromatic rings. The van der Waals surface area contributed by atoms with Crippen molar-refractivity contribution in [3.63, 3.8) is 0 Å². The van der Waals surface area contributed by atoms with Crippen LogP contribution in [0.25, 0.3) is 16.7 Å². The molecule has 150 valence electrons. The van der Waals surface area contributed by atoms with E-state index >= 15 is 0 Å². The molecule has 29 heavy (non-hydrogen) atoms. The van der Waals surface area contributed by atoms with E-state index in [1.807, 2.05) is 36.2 Å². The molecule has 0 aliphatic heterocycles. The van der Waals surface area contributed by atoms with Crippen LogP contribution in [0.4, 0.5) is 15.9 Å². The zero-order valence-corrected chi connectivity index (χ0v) is 17.7. The molecule has 0 amide bonds. The van der Waals surface area contributed by atoms with E-state index < -0.39 is 0 Å². The standard InChI is InChI=1S/C22H23ClFN5/c1-22(2,3)8-7-14-9-16(24)12-17(10-14)28(4)20-18-6-5-15(23)11-19(18)29-13-25-27-21(29)26-20/h5-6,9-13H,7-8H2,1-4H3. The van der Waals surface area contributed by atoms with Gasteiger partial charge in [-0.15, -0.1) is 10.2 Å². The summed E-state index contributed by atoms with van der Waals surface area (Å²) < 4.78 is 16.2. The molecule has 0 aliphatic carbocycles. The van der Waals surface area contributed by atoms with Gasteiger partial charge in [0, 0.05) is 23.1 Å². The number of aryl methyl sites for hydroxylation is 1. The highest BCUT2D eigenvalue weighted by Crippen LogP contribution is 2.33. The molecular weight excluding hydrogens is 389 g/mol. The fourth-order valence-electron chi connectivity index (χ4n) is 3.39. The van der Waals surface area contributed by atoms with Crippen LogP contribution >= 0.6 is 11.6 Å². The summed E-state index contributed by atoms with van der Waals surface area (Å²) in [6.07, 6.45) is 3.40. The molecule has 5 nitrogen and oxygen atoms in total. The average Bonchev–Trinajstić information content (AvgIpc) is 3.13. The lowest BCUT2D eigenvalue weighted by Gasteiger charge is -2.22. The summed E-state index contributed by atoms with van der Waals surface area (Å²) in [5.74, 6) is 0.879. The lowest BCUT2D eigenvalue weighted by Crippen LogP contribution is -2.14. The Balaban J connectivity index is 1.81.